The lowest BCUT2D eigenvalue weighted by atomic mass is 10.1. The van der Waals surface area contributed by atoms with Crippen LogP contribution < -0.4 is 0 Å². The highest BCUT2D eigenvalue weighted by molar-refractivity contribution is 7.11. The van der Waals surface area contributed by atoms with Gasteiger partial charge in [-0.3, -0.25) is 4.79 Å². The normalized spacial score (nSPS) is 16.0. The molecule has 1 aliphatic rings. The first-order chi connectivity index (χ1) is 7.25. The van der Waals surface area contributed by atoms with Gasteiger partial charge < -0.3 is 4.74 Å². The molecule has 0 amide bonds. The first-order valence-corrected chi connectivity index (χ1v) is 5.63. The van der Waals surface area contributed by atoms with Crippen molar-refractivity contribution in [1.29, 1.82) is 0 Å². The van der Waals surface area contributed by atoms with Gasteiger partial charge in [0.1, 0.15) is 10.6 Å². The number of rotatable bonds is 2. The quantitative estimate of drug-likeness (QED) is 0.722. The summed E-state index contributed by atoms with van der Waals surface area (Å²) >= 11 is 1.33. The Morgan fingerprint density at radius 3 is 2.93 bits per heavy atom. The van der Waals surface area contributed by atoms with Crippen LogP contribution in [0.1, 0.15) is 28.9 Å². The Labute approximate surface area is 91.4 Å². The van der Waals surface area contributed by atoms with Gasteiger partial charge in [-0.15, -0.1) is 11.3 Å². The summed E-state index contributed by atoms with van der Waals surface area (Å²) in [4.78, 5) is 23.2. The summed E-state index contributed by atoms with van der Waals surface area (Å²) in [6.07, 6.45) is 3.42. The average molecular weight is 222 g/mol. The molecule has 0 aliphatic heterocycles. The molecule has 2 rings (SSSR count). The van der Waals surface area contributed by atoms with Crippen molar-refractivity contribution in [3.05, 3.63) is 34.2 Å². The largest absolute Gasteiger partial charge is 0.427 e. The molecule has 1 aromatic rings. The number of carbonyl (C=O) groups is 2. The number of hydrogen-bond donors (Lipinski definition) is 0. The summed E-state index contributed by atoms with van der Waals surface area (Å²) in [6, 6.07) is 3.50. The summed E-state index contributed by atoms with van der Waals surface area (Å²) in [5, 5.41) is 1.82. The van der Waals surface area contributed by atoms with Crippen LogP contribution >= 0.6 is 11.3 Å². The third kappa shape index (κ3) is 2.53. The molecule has 0 atom stereocenters. The van der Waals surface area contributed by atoms with Crippen molar-refractivity contribution in [2.24, 2.45) is 0 Å². The van der Waals surface area contributed by atoms with Crippen molar-refractivity contribution < 1.29 is 14.3 Å². The Bertz CT molecular complexity index is 403. The fourth-order valence-corrected chi connectivity index (χ4v) is 2.00. The average Bonchev–Trinajstić information content (AvgIpc) is 2.70. The van der Waals surface area contributed by atoms with Crippen molar-refractivity contribution in [2.45, 2.75) is 19.3 Å². The van der Waals surface area contributed by atoms with E-state index >= 15 is 0 Å². The molecule has 4 heteroatoms. The van der Waals surface area contributed by atoms with Gasteiger partial charge in [0.15, 0.2) is 5.78 Å². The minimum Gasteiger partial charge on any atom is -0.427 e. The molecule has 0 aromatic carbocycles. The van der Waals surface area contributed by atoms with Gasteiger partial charge >= 0.3 is 5.97 Å². The van der Waals surface area contributed by atoms with Crippen molar-refractivity contribution in [3.63, 3.8) is 0 Å². The van der Waals surface area contributed by atoms with E-state index in [2.05, 4.69) is 0 Å². The van der Waals surface area contributed by atoms with Gasteiger partial charge in [0.05, 0.1) is 0 Å². The predicted octanol–water partition coefficient (Wildman–Crippen LogP) is 2.54. The van der Waals surface area contributed by atoms with Crippen LogP contribution in [-0.2, 0) is 9.53 Å². The molecule has 3 nitrogen and oxygen atoms in total. The number of hydrogen-bond acceptors (Lipinski definition) is 4. The Balaban J connectivity index is 2.03. The number of ketones is 1. The van der Waals surface area contributed by atoms with Crippen LogP contribution in [0.5, 0.6) is 0 Å². The van der Waals surface area contributed by atoms with Crippen LogP contribution in [0, 0.1) is 0 Å². The molecule has 0 bridgehead atoms. The monoisotopic (exact) mass is 222 g/mol. The Morgan fingerprint density at radius 2 is 2.27 bits per heavy atom. The van der Waals surface area contributed by atoms with Gasteiger partial charge in [0.25, 0.3) is 0 Å². The second kappa shape index (κ2) is 4.40. The van der Waals surface area contributed by atoms with Crippen molar-refractivity contribution in [2.75, 3.05) is 0 Å². The lowest BCUT2D eigenvalue weighted by Gasteiger charge is -2.11. The number of carbonyl (C=O) groups excluding carboxylic acids is 2. The fraction of sp³-hybridized carbons (Fsp3) is 0.273. The first-order valence-electron chi connectivity index (χ1n) is 4.75. The van der Waals surface area contributed by atoms with Crippen molar-refractivity contribution >= 4 is 23.1 Å². The standard InChI is InChI=1S/C11H10O3S/c12-8-3-1-4-9(7-8)14-11(13)10-5-2-6-15-10/h2,5-7H,1,3-4H2. The van der Waals surface area contributed by atoms with Gasteiger partial charge in [0.2, 0.25) is 0 Å². The van der Waals surface area contributed by atoms with E-state index in [1.54, 1.807) is 12.1 Å². The first kappa shape index (κ1) is 10.1. The Hall–Kier alpha value is -1.42. The Kier molecular flexibility index (Phi) is 2.97. The molecule has 0 radical (unpaired) electrons. The molecule has 0 unspecified atom stereocenters. The number of ether oxygens (including phenoxy) is 1. The highest BCUT2D eigenvalue weighted by atomic mass is 32.1. The van der Waals surface area contributed by atoms with Gasteiger partial charge in [-0.1, -0.05) is 6.07 Å². The molecule has 1 aliphatic carbocycles. The van der Waals surface area contributed by atoms with Crippen LogP contribution in [-0.4, -0.2) is 11.8 Å². The fourth-order valence-electron chi connectivity index (χ4n) is 1.41. The predicted molar refractivity (Wildman–Crippen MR) is 56.7 cm³/mol. The van der Waals surface area contributed by atoms with E-state index in [1.807, 2.05) is 5.38 Å². The number of allylic oxidation sites excluding steroid dienone is 2. The molecule has 1 heterocycles. The maximum Gasteiger partial charge on any atom is 0.353 e. The molecule has 0 saturated carbocycles. The molecule has 0 N–H and O–H groups in total. The molecule has 1 aromatic heterocycles. The van der Waals surface area contributed by atoms with E-state index in [0.717, 1.165) is 6.42 Å². The minimum absolute atomic E-state index is 0.0372. The van der Waals surface area contributed by atoms with Gasteiger partial charge in [-0.2, -0.15) is 0 Å². The molecule has 78 valence electrons. The zero-order valence-electron chi connectivity index (χ0n) is 8.06. The minimum atomic E-state index is -0.369. The summed E-state index contributed by atoms with van der Waals surface area (Å²) in [7, 11) is 0. The van der Waals surface area contributed by atoms with Gasteiger partial charge in [-0.25, -0.2) is 4.79 Å². The van der Waals surface area contributed by atoms with Crippen LogP contribution in [0.25, 0.3) is 0 Å². The van der Waals surface area contributed by atoms with E-state index < -0.39 is 0 Å². The second-order valence-corrected chi connectivity index (χ2v) is 4.25. The van der Waals surface area contributed by atoms with Crippen LogP contribution in [0.3, 0.4) is 0 Å². The smallest absolute Gasteiger partial charge is 0.353 e. The summed E-state index contributed by atoms with van der Waals surface area (Å²) in [5.41, 5.74) is 0. The lowest BCUT2D eigenvalue weighted by Crippen LogP contribution is -2.09. The van der Waals surface area contributed by atoms with Crippen LogP contribution in [0.2, 0.25) is 0 Å². The summed E-state index contributed by atoms with van der Waals surface area (Å²) in [5.74, 6) is 0.158. The van der Waals surface area contributed by atoms with E-state index in [4.69, 9.17) is 4.74 Å². The van der Waals surface area contributed by atoms with Crippen molar-refractivity contribution in [3.8, 4) is 0 Å². The highest BCUT2D eigenvalue weighted by Gasteiger charge is 2.15. The maximum absolute atomic E-state index is 11.5. The molecule has 0 saturated heterocycles. The lowest BCUT2D eigenvalue weighted by molar-refractivity contribution is -0.115. The third-order valence-electron chi connectivity index (χ3n) is 2.11. The van der Waals surface area contributed by atoms with Crippen molar-refractivity contribution in [1.82, 2.24) is 0 Å². The second-order valence-electron chi connectivity index (χ2n) is 3.30. The zero-order chi connectivity index (χ0) is 10.7. The topological polar surface area (TPSA) is 43.4 Å². The molecule has 0 spiro atoms. The number of thiophene rings is 1. The zero-order valence-corrected chi connectivity index (χ0v) is 8.88. The maximum atomic E-state index is 11.5. The molecular weight excluding hydrogens is 212 g/mol. The SMILES string of the molecule is O=C1C=C(OC(=O)c2cccs2)CCC1. The third-order valence-corrected chi connectivity index (χ3v) is 2.96. The summed E-state index contributed by atoms with van der Waals surface area (Å²) < 4.78 is 5.12. The van der Waals surface area contributed by atoms with Crippen LogP contribution in [0.15, 0.2) is 29.3 Å². The molecular formula is C11H10O3S. The van der Waals surface area contributed by atoms with E-state index in [1.165, 1.54) is 17.4 Å². The van der Waals surface area contributed by atoms with E-state index in [0.29, 0.717) is 23.5 Å². The van der Waals surface area contributed by atoms with Gasteiger partial charge in [0, 0.05) is 18.9 Å². The van der Waals surface area contributed by atoms with Crippen LogP contribution in [0.4, 0.5) is 0 Å². The van der Waals surface area contributed by atoms with E-state index in [9.17, 15) is 9.59 Å². The molecule has 15 heavy (non-hydrogen) atoms. The number of esters is 1. The molecule has 0 fully saturated rings. The highest BCUT2D eigenvalue weighted by Crippen LogP contribution is 2.19. The van der Waals surface area contributed by atoms with E-state index in [-0.39, 0.29) is 11.8 Å². The Morgan fingerprint density at radius 1 is 1.40 bits per heavy atom. The summed E-state index contributed by atoms with van der Waals surface area (Å²) in [6.45, 7) is 0. The van der Waals surface area contributed by atoms with Gasteiger partial charge in [-0.05, 0) is 17.9 Å².